The van der Waals surface area contributed by atoms with Crippen LogP contribution in [0, 0.1) is 19.8 Å². The molecule has 1 saturated carbocycles. The molecule has 6 heteroatoms. The molecule has 1 fully saturated rings. The zero-order chi connectivity index (χ0) is 15.8. The molecule has 120 valence electrons. The number of rotatable bonds is 3. The van der Waals surface area contributed by atoms with Crippen molar-refractivity contribution in [3.05, 3.63) is 11.4 Å². The monoisotopic (exact) mass is 303 g/mol. The number of hydrogen-bond acceptors (Lipinski definition) is 2. The first-order chi connectivity index (χ1) is 9.71. The lowest BCUT2D eigenvalue weighted by Gasteiger charge is -2.34. The number of alkyl halides is 3. The van der Waals surface area contributed by atoms with Crippen LogP contribution in [0.4, 0.5) is 18.9 Å². The molecular weight excluding hydrogens is 279 g/mol. The van der Waals surface area contributed by atoms with E-state index in [1.807, 2.05) is 32.4 Å². The Morgan fingerprint density at radius 1 is 1.19 bits per heavy atom. The number of aromatic nitrogens is 2. The minimum atomic E-state index is -4.13. The van der Waals surface area contributed by atoms with Crippen molar-refractivity contribution in [2.75, 3.05) is 5.32 Å². The van der Waals surface area contributed by atoms with E-state index in [1.54, 1.807) is 0 Å². The second kappa shape index (κ2) is 5.89. The third kappa shape index (κ3) is 3.35. The molecule has 1 aromatic heterocycles. The molecule has 0 radical (unpaired) electrons. The first-order valence-corrected chi connectivity index (χ1v) is 7.60. The van der Waals surface area contributed by atoms with Crippen molar-refractivity contribution < 1.29 is 13.2 Å². The standard InChI is InChI=1S/C15H24F3N3/c1-9(2)21-11(4)14(10(3)20-21)19-13-8-6-5-7-12(13)15(16,17)18/h9,12-13,19H,5-8H2,1-4H3. The Kier molecular flexibility index (Phi) is 4.54. The van der Waals surface area contributed by atoms with E-state index in [0.717, 1.165) is 23.5 Å². The number of halogens is 3. The Hall–Kier alpha value is -1.20. The van der Waals surface area contributed by atoms with E-state index in [4.69, 9.17) is 0 Å². The van der Waals surface area contributed by atoms with Crippen LogP contribution in [-0.4, -0.2) is 22.0 Å². The van der Waals surface area contributed by atoms with Crippen molar-refractivity contribution >= 4 is 5.69 Å². The van der Waals surface area contributed by atoms with Gasteiger partial charge in [0.25, 0.3) is 0 Å². The third-order valence-electron chi connectivity index (χ3n) is 4.33. The van der Waals surface area contributed by atoms with Gasteiger partial charge < -0.3 is 5.32 Å². The fourth-order valence-electron chi connectivity index (χ4n) is 3.26. The zero-order valence-electron chi connectivity index (χ0n) is 13.1. The average molecular weight is 303 g/mol. The maximum absolute atomic E-state index is 13.2. The van der Waals surface area contributed by atoms with Crippen molar-refractivity contribution in [2.24, 2.45) is 5.92 Å². The number of aryl methyl sites for hydroxylation is 1. The van der Waals surface area contributed by atoms with Gasteiger partial charge in [0, 0.05) is 12.1 Å². The summed E-state index contributed by atoms with van der Waals surface area (Å²) in [6.07, 6.45) is -1.84. The van der Waals surface area contributed by atoms with Gasteiger partial charge in [-0.1, -0.05) is 12.8 Å². The van der Waals surface area contributed by atoms with Gasteiger partial charge in [0.05, 0.1) is 23.0 Å². The molecule has 0 bridgehead atoms. The van der Waals surface area contributed by atoms with Crippen LogP contribution in [0.5, 0.6) is 0 Å². The van der Waals surface area contributed by atoms with Gasteiger partial charge in [-0.05, 0) is 40.5 Å². The Labute approximate surface area is 123 Å². The minimum Gasteiger partial charge on any atom is -0.379 e. The van der Waals surface area contributed by atoms with Crippen LogP contribution in [0.25, 0.3) is 0 Å². The van der Waals surface area contributed by atoms with Crippen molar-refractivity contribution in [3.63, 3.8) is 0 Å². The van der Waals surface area contributed by atoms with Crippen molar-refractivity contribution in [1.29, 1.82) is 0 Å². The largest absolute Gasteiger partial charge is 0.393 e. The average Bonchev–Trinajstić information content (AvgIpc) is 2.66. The van der Waals surface area contributed by atoms with Gasteiger partial charge >= 0.3 is 6.18 Å². The quantitative estimate of drug-likeness (QED) is 0.883. The van der Waals surface area contributed by atoms with E-state index in [9.17, 15) is 13.2 Å². The van der Waals surface area contributed by atoms with Crippen LogP contribution >= 0.6 is 0 Å². The Bertz CT molecular complexity index is 491. The van der Waals surface area contributed by atoms with Gasteiger partial charge in [0.2, 0.25) is 0 Å². The maximum atomic E-state index is 13.2. The molecule has 1 aliphatic carbocycles. The summed E-state index contributed by atoms with van der Waals surface area (Å²) < 4.78 is 41.4. The zero-order valence-corrected chi connectivity index (χ0v) is 13.1. The lowest BCUT2D eigenvalue weighted by Crippen LogP contribution is -2.41. The van der Waals surface area contributed by atoms with Gasteiger partial charge in [-0.2, -0.15) is 18.3 Å². The molecule has 2 unspecified atom stereocenters. The summed E-state index contributed by atoms with van der Waals surface area (Å²) in [5.41, 5.74) is 2.45. The third-order valence-corrected chi connectivity index (χ3v) is 4.33. The Morgan fingerprint density at radius 2 is 1.81 bits per heavy atom. The molecular formula is C15H24F3N3. The second-order valence-corrected chi connectivity index (χ2v) is 6.27. The summed E-state index contributed by atoms with van der Waals surface area (Å²) >= 11 is 0. The summed E-state index contributed by atoms with van der Waals surface area (Å²) in [7, 11) is 0. The first-order valence-electron chi connectivity index (χ1n) is 7.60. The van der Waals surface area contributed by atoms with E-state index in [2.05, 4.69) is 10.4 Å². The summed E-state index contributed by atoms with van der Waals surface area (Å²) in [5.74, 6) is -1.26. The smallest absolute Gasteiger partial charge is 0.379 e. The van der Waals surface area contributed by atoms with E-state index in [1.165, 1.54) is 0 Å². The van der Waals surface area contributed by atoms with Crippen LogP contribution in [0.1, 0.15) is 57.0 Å². The first kappa shape index (κ1) is 16.2. The normalized spacial score (nSPS) is 23.6. The van der Waals surface area contributed by atoms with Gasteiger partial charge in [0.15, 0.2) is 0 Å². The molecule has 1 aromatic rings. The van der Waals surface area contributed by atoms with Crippen LogP contribution < -0.4 is 5.32 Å². The van der Waals surface area contributed by atoms with E-state index < -0.39 is 18.1 Å². The Balaban J connectivity index is 2.24. The highest BCUT2D eigenvalue weighted by molar-refractivity contribution is 5.53. The molecule has 2 rings (SSSR count). The van der Waals surface area contributed by atoms with Gasteiger partial charge in [-0.15, -0.1) is 0 Å². The molecule has 21 heavy (non-hydrogen) atoms. The molecule has 3 nitrogen and oxygen atoms in total. The maximum Gasteiger partial charge on any atom is 0.393 e. The molecule has 0 spiro atoms. The van der Waals surface area contributed by atoms with Gasteiger partial charge in [0.1, 0.15) is 0 Å². The molecule has 1 heterocycles. The van der Waals surface area contributed by atoms with Crippen LogP contribution in [0.15, 0.2) is 0 Å². The minimum absolute atomic E-state index is 0.198. The van der Waals surface area contributed by atoms with E-state index in [0.29, 0.717) is 12.8 Å². The number of hydrogen-bond donors (Lipinski definition) is 1. The predicted octanol–water partition coefficient (Wildman–Crippen LogP) is 4.61. The molecule has 1 N–H and O–H groups in total. The predicted molar refractivity (Wildman–Crippen MR) is 77.5 cm³/mol. The summed E-state index contributed by atoms with van der Waals surface area (Å²) in [5, 5.41) is 7.58. The number of nitrogens with zero attached hydrogens (tertiary/aromatic N) is 2. The van der Waals surface area contributed by atoms with Crippen LogP contribution in [0.3, 0.4) is 0 Å². The van der Waals surface area contributed by atoms with E-state index in [-0.39, 0.29) is 12.5 Å². The van der Waals surface area contributed by atoms with Crippen molar-refractivity contribution in [1.82, 2.24) is 9.78 Å². The molecule has 1 aliphatic rings. The number of nitrogens with one attached hydrogen (secondary N) is 1. The summed E-state index contributed by atoms with van der Waals surface area (Å²) in [6.45, 7) is 7.79. The second-order valence-electron chi connectivity index (χ2n) is 6.27. The number of anilines is 1. The SMILES string of the molecule is Cc1nn(C(C)C)c(C)c1NC1CCCCC1C(F)(F)F. The van der Waals surface area contributed by atoms with Gasteiger partial charge in [-0.3, -0.25) is 4.68 Å². The highest BCUT2D eigenvalue weighted by Gasteiger charge is 2.45. The molecule has 2 atom stereocenters. The fraction of sp³-hybridized carbons (Fsp3) is 0.800. The molecule has 0 saturated heterocycles. The summed E-state index contributed by atoms with van der Waals surface area (Å²) in [6, 6.07) is -0.343. The lowest BCUT2D eigenvalue weighted by molar-refractivity contribution is -0.184. The highest BCUT2D eigenvalue weighted by atomic mass is 19.4. The molecule has 0 aliphatic heterocycles. The topological polar surface area (TPSA) is 29.9 Å². The summed E-state index contributed by atoms with van der Waals surface area (Å²) in [4.78, 5) is 0. The molecule has 0 aromatic carbocycles. The fourth-order valence-corrected chi connectivity index (χ4v) is 3.26. The van der Waals surface area contributed by atoms with Crippen molar-refractivity contribution in [3.8, 4) is 0 Å². The van der Waals surface area contributed by atoms with Gasteiger partial charge in [-0.25, -0.2) is 0 Å². The Morgan fingerprint density at radius 3 is 2.33 bits per heavy atom. The van der Waals surface area contributed by atoms with Crippen LogP contribution in [0.2, 0.25) is 0 Å². The lowest BCUT2D eigenvalue weighted by atomic mass is 9.84. The van der Waals surface area contributed by atoms with Crippen LogP contribution in [-0.2, 0) is 0 Å². The highest BCUT2D eigenvalue weighted by Crippen LogP contribution is 2.39. The van der Waals surface area contributed by atoms with E-state index >= 15 is 0 Å². The van der Waals surface area contributed by atoms with Crippen molar-refractivity contribution in [2.45, 2.75) is 71.6 Å². The molecule has 0 amide bonds.